The number of hydrogen-bond acceptors (Lipinski definition) is 5. The zero-order valence-electron chi connectivity index (χ0n) is 17.2. The van der Waals surface area contributed by atoms with Gasteiger partial charge in [-0.15, -0.1) is 10.2 Å². The van der Waals surface area contributed by atoms with Crippen molar-refractivity contribution in [2.24, 2.45) is 0 Å². The largest absolute Gasteiger partial charge is 0.419 e. The van der Waals surface area contributed by atoms with Crippen LogP contribution in [0.25, 0.3) is 11.5 Å². The Morgan fingerprint density at radius 1 is 1.03 bits per heavy atom. The van der Waals surface area contributed by atoms with Crippen molar-refractivity contribution in [3.05, 3.63) is 70.0 Å². The Hall–Kier alpha value is -2.51. The molecule has 0 N–H and O–H groups in total. The number of hydrogen-bond donors (Lipinski definition) is 0. The predicted octanol–water partition coefficient (Wildman–Crippen LogP) is 4.58. The van der Waals surface area contributed by atoms with Crippen molar-refractivity contribution in [1.29, 1.82) is 0 Å². The minimum Gasteiger partial charge on any atom is -0.419 e. The fourth-order valence-electron chi connectivity index (χ4n) is 3.55. The van der Waals surface area contributed by atoms with E-state index < -0.39 is 0 Å². The first-order valence-electron chi connectivity index (χ1n) is 10.2. The van der Waals surface area contributed by atoms with Crippen LogP contribution in [0.15, 0.2) is 57.4 Å². The van der Waals surface area contributed by atoms with Crippen LogP contribution in [0.1, 0.15) is 41.6 Å². The van der Waals surface area contributed by atoms with Crippen LogP contribution in [0.2, 0.25) is 0 Å². The van der Waals surface area contributed by atoms with Crippen LogP contribution in [-0.2, 0) is 6.54 Å². The van der Waals surface area contributed by atoms with Gasteiger partial charge >= 0.3 is 0 Å². The molecule has 156 valence electrons. The second-order valence-corrected chi connectivity index (χ2v) is 8.68. The fourth-order valence-corrected chi connectivity index (χ4v) is 4.01. The summed E-state index contributed by atoms with van der Waals surface area (Å²) in [7, 11) is 0. The van der Waals surface area contributed by atoms with E-state index in [1.54, 1.807) is 0 Å². The van der Waals surface area contributed by atoms with Crippen molar-refractivity contribution < 1.29 is 9.21 Å². The molecule has 1 amide bonds. The highest BCUT2D eigenvalue weighted by Crippen LogP contribution is 2.27. The SMILES string of the molecule is CC(C)c1ccc(C(=O)N2CCN(Cc3nnc(-c4ccccc4Br)o3)CC2)cc1. The Bertz CT molecular complexity index is 1010. The molecule has 0 bridgehead atoms. The third kappa shape index (κ3) is 4.63. The van der Waals surface area contributed by atoms with E-state index in [0.29, 0.717) is 37.3 Å². The van der Waals surface area contributed by atoms with E-state index in [-0.39, 0.29) is 5.91 Å². The molecule has 1 fully saturated rings. The minimum absolute atomic E-state index is 0.0963. The van der Waals surface area contributed by atoms with Crippen LogP contribution in [0.4, 0.5) is 0 Å². The molecule has 1 aliphatic heterocycles. The molecule has 2 heterocycles. The van der Waals surface area contributed by atoms with Gasteiger partial charge in [0, 0.05) is 36.2 Å². The molecular weight excluding hydrogens is 444 g/mol. The molecule has 2 aromatic carbocycles. The van der Waals surface area contributed by atoms with Gasteiger partial charge in [0.1, 0.15) is 0 Å². The first-order valence-corrected chi connectivity index (χ1v) is 11.0. The van der Waals surface area contributed by atoms with Gasteiger partial charge in [-0.25, -0.2) is 0 Å². The summed E-state index contributed by atoms with van der Waals surface area (Å²) in [6.07, 6.45) is 0. The first kappa shape index (κ1) is 20.8. The molecule has 0 atom stereocenters. The maximum atomic E-state index is 12.8. The van der Waals surface area contributed by atoms with Gasteiger partial charge in [0.05, 0.1) is 12.1 Å². The molecule has 1 aliphatic rings. The standard InChI is InChI=1S/C23H25BrN4O2/c1-16(2)17-7-9-18(10-8-17)23(29)28-13-11-27(12-14-28)15-21-25-26-22(30-21)19-5-3-4-6-20(19)24/h3-10,16H,11-15H2,1-2H3. The summed E-state index contributed by atoms with van der Waals surface area (Å²) < 4.78 is 6.78. The van der Waals surface area contributed by atoms with E-state index in [9.17, 15) is 4.79 Å². The fraction of sp³-hybridized carbons (Fsp3) is 0.348. The maximum Gasteiger partial charge on any atom is 0.253 e. The molecule has 30 heavy (non-hydrogen) atoms. The zero-order valence-corrected chi connectivity index (χ0v) is 18.8. The molecule has 3 aromatic rings. The number of benzene rings is 2. The molecule has 0 aliphatic carbocycles. The summed E-state index contributed by atoms with van der Waals surface area (Å²) in [5.41, 5.74) is 2.89. The van der Waals surface area contributed by atoms with Gasteiger partial charge in [-0.1, -0.05) is 38.1 Å². The van der Waals surface area contributed by atoms with Crippen molar-refractivity contribution in [3.63, 3.8) is 0 Å². The highest BCUT2D eigenvalue weighted by Gasteiger charge is 2.23. The predicted molar refractivity (Wildman–Crippen MR) is 119 cm³/mol. The summed E-state index contributed by atoms with van der Waals surface area (Å²) in [5.74, 6) is 1.66. The molecule has 0 radical (unpaired) electrons. The minimum atomic E-state index is 0.0963. The number of aromatic nitrogens is 2. The number of nitrogens with zero attached hydrogens (tertiary/aromatic N) is 4. The summed E-state index contributed by atoms with van der Waals surface area (Å²) in [6, 6.07) is 15.8. The van der Waals surface area contributed by atoms with Crippen LogP contribution < -0.4 is 0 Å². The van der Waals surface area contributed by atoms with E-state index in [1.165, 1.54) is 5.56 Å². The average Bonchev–Trinajstić information content (AvgIpc) is 3.22. The van der Waals surface area contributed by atoms with Gasteiger partial charge in [0.25, 0.3) is 5.91 Å². The van der Waals surface area contributed by atoms with Gasteiger partial charge in [0.2, 0.25) is 11.8 Å². The lowest BCUT2D eigenvalue weighted by atomic mass is 10.0. The highest BCUT2D eigenvalue weighted by molar-refractivity contribution is 9.10. The van der Waals surface area contributed by atoms with Crippen molar-refractivity contribution in [2.45, 2.75) is 26.3 Å². The topological polar surface area (TPSA) is 62.5 Å². The lowest BCUT2D eigenvalue weighted by Crippen LogP contribution is -2.48. The van der Waals surface area contributed by atoms with E-state index in [2.05, 4.69) is 44.9 Å². The van der Waals surface area contributed by atoms with Gasteiger partial charge in [-0.2, -0.15) is 0 Å². The van der Waals surface area contributed by atoms with Crippen LogP contribution in [0.5, 0.6) is 0 Å². The number of amides is 1. The second kappa shape index (κ2) is 9.10. The normalized spacial score (nSPS) is 15.0. The monoisotopic (exact) mass is 468 g/mol. The van der Waals surface area contributed by atoms with Gasteiger partial charge in [-0.3, -0.25) is 9.69 Å². The number of carbonyl (C=O) groups is 1. The molecular formula is C23H25BrN4O2. The number of carbonyl (C=O) groups excluding carboxylic acids is 1. The summed E-state index contributed by atoms with van der Waals surface area (Å²) in [4.78, 5) is 17.0. The quantitative estimate of drug-likeness (QED) is 0.548. The summed E-state index contributed by atoms with van der Waals surface area (Å²) in [5, 5.41) is 8.37. The Kier molecular flexibility index (Phi) is 6.29. The molecule has 4 rings (SSSR count). The van der Waals surface area contributed by atoms with Gasteiger partial charge < -0.3 is 9.32 Å². The summed E-state index contributed by atoms with van der Waals surface area (Å²) >= 11 is 3.52. The third-order valence-electron chi connectivity index (χ3n) is 5.41. The number of piperazine rings is 1. The lowest BCUT2D eigenvalue weighted by Gasteiger charge is -2.34. The van der Waals surface area contributed by atoms with Crippen molar-refractivity contribution in [2.75, 3.05) is 26.2 Å². The van der Waals surface area contributed by atoms with Gasteiger partial charge in [-0.05, 0) is 51.7 Å². The smallest absolute Gasteiger partial charge is 0.253 e. The Morgan fingerprint density at radius 2 is 1.73 bits per heavy atom. The van der Waals surface area contributed by atoms with Crippen LogP contribution in [0, 0.1) is 0 Å². The average molecular weight is 469 g/mol. The van der Waals surface area contributed by atoms with E-state index in [4.69, 9.17) is 4.42 Å². The van der Waals surface area contributed by atoms with Crippen molar-refractivity contribution >= 4 is 21.8 Å². The highest BCUT2D eigenvalue weighted by atomic mass is 79.9. The van der Waals surface area contributed by atoms with Gasteiger partial charge in [0.15, 0.2) is 0 Å². The Morgan fingerprint density at radius 3 is 2.40 bits per heavy atom. The maximum absolute atomic E-state index is 12.8. The molecule has 7 heteroatoms. The molecule has 0 unspecified atom stereocenters. The van der Waals surface area contributed by atoms with Crippen LogP contribution >= 0.6 is 15.9 Å². The first-order chi connectivity index (χ1) is 14.5. The molecule has 1 saturated heterocycles. The Balaban J connectivity index is 1.33. The lowest BCUT2D eigenvalue weighted by molar-refractivity contribution is 0.0618. The molecule has 6 nitrogen and oxygen atoms in total. The number of halogens is 1. The van der Waals surface area contributed by atoms with E-state index in [0.717, 1.165) is 28.7 Å². The van der Waals surface area contributed by atoms with Crippen molar-refractivity contribution in [1.82, 2.24) is 20.0 Å². The van der Waals surface area contributed by atoms with E-state index >= 15 is 0 Å². The van der Waals surface area contributed by atoms with Crippen molar-refractivity contribution in [3.8, 4) is 11.5 Å². The van der Waals surface area contributed by atoms with Crippen LogP contribution in [-0.4, -0.2) is 52.1 Å². The molecule has 0 spiro atoms. The van der Waals surface area contributed by atoms with E-state index in [1.807, 2.05) is 53.4 Å². The second-order valence-electron chi connectivity index (χ2n) is 7.83. The third-order valence-corrected chi connectivity index (χ3v) is 6.11. The summed E-state index contributed by atoms with van der Waals surface area (Å²) in [6.45, 7) is 7.84. The molecule has 1 aromatic heterocycles. The Labute approximate surface area is 185 Å². The number of rotatable bonds is 5. The van der Waals surface area contributed by atoms with Crippen LogP contribution in [0.3, 0.4) is 0 Å². The molecule has 0 saturated carbocycles. The zero-order chi connectivity index (χ0) is 21.1.